The Kier molecular flexibility index (Phi) is 5.14. The molecule has 2 aliphatic rings. The molecule has 0 bridgehead atoms. The molecular weight excluding hydrogens is 294 g/mol. The first-order chi connectivity index (χ1) is 11.1. The molecule has 0 radical (unpaired) electrons. The van der Waals surface area contributed by atoms with E-state index < -0.39 is 5.60 Å². The van der Waals surface area contributed by atoms with E-state index in [1.165, 1.54) is 0 Å². The Morgan fingerprint density at radius 2 is 2.00 bits per heavy atom. The smallest absolute Gasteiger partial charge is 0.267 e. The highest BCUT2D eigenvalue weighted by atomic mass is 16.5. The molecule has 3 rings (SSSR count). The Bertz CT molecular complexity index is 573. The summed E-state index contributed by atoms with van der Waals surface area (Å²) in [5.41, 5.74) is 0.250. The van der Waals surface area contributed by atoms with Crippen molar-refractivity contribution in [1.82, 2.24) is 15.1 Å². The van der Waals surface area contributed by atoms with Gasteiger partial charge in [-0.2, -0.15) is 5.10 Å². The van der Waals surface area contributed by atoms with Crippen molar-refractivity contribution in [1.29, 1.82) is 0 Å². The zero-order chi connectivity index (χ0) is 16.3. The van der Waals surface area contributed by atoms with E-state index in [0.717, 1.165) is 31.4 Å². The van der Waals surface area contributed by atoms with Gasteiger partial charge in [-0.25, -0.2) is 4.68 Å². The molecule has 1 saturated heterocycles. The van der Waals surface area contributed by atoms with Gasteiger partial charge >= 0.3 is 0 Å². The fraction of sp³-hybridized carbons (Fsp3) is 0.765. The van der Waals surface area contributed by atoms with Crippen molar-refractivity contribution < 1.29 is 9.84 Å². The molecule has 1 aromatic heterocycles. The van der Waals surface area contributed by atoms with Gasteiger partial charge < -0.3 is 15.2 Å². The fourth-order valence-electron chi connectivity index (χ4n) is 3.57. The van der Waals surface area contributed by atoms with Gasteiger partial charge in [-0.3, -0.25) is 4.79 Å². The molecule has 1 aliphatic carbocycles. The van der Waals surface area contributed by atoms with Crippen molar-refractivity contribution in [3.05, 3.63) is 28.2 Å². The molecule has 1 aliphatic heterocycles. The van der Waals surface area contributed by atoms with Crippen molar-refractivity contribution >= 4 is 0 Å². The quantitative estimate of drug-likeness (QED) is 0.870. The largest absolute Gasteiger partial charge is 0.388 e. The molecule has 0 atom stereocenters. The van der Waals surface area contributed by atoms with Crippen molar-refractivity contribution in [3.8, 4) is 0 Å². The zero-order valence-electron chi connectivity index (χ0n) is 13.8. The van der Waals surface area contributed by atoms with Crippen LogP contribution in [0.1, 0.15) is 50.3 Å². The van der Waals surface area contributed by atoms with E-state index in [1.807, 2.05) is 6.92 Å². The highest BCUT2D eigenvalue weighted by Crippen LogP contribution is 2.28. The summed E-state index contributed by atoms with van der Waals surface area (Å²) in [6, 6.07) is 3.98. The molecule has 2 heterocycles. The minimum Gasteiger partial charge on any atom is -0.388 e. The van der Waals surface area contributed by atoms with E-state index in [-0.39, 0.29) is 11.6 Å². The highest BCUT2D eigenvalue weighted by molar-refractivity contribution is 4.98. The Morgan fingerprint density at radius 1 is 1.30 bits per heavy atom. The van der Waals surface area contributed by atoms with E-state index in [9.17, 15) is 9.90 Å². The van der Waals surface area contributed by atoms with Gasteiger partial charge in [0.05, 0.1) is 17.3 Å². The van der Waals surface area contributed by atoms with Crippen LogP contribution in [0, 0.1) is 6.92 Å². The number of rotatable bonds is 4. The minimum atomic E-state index is -0.621. The average molecular weight is 321 g/mol. The number of nitrogens with one attached hydrogen (secondary N) is 1. The van der Waals surface area contributed by atoms with E-state index in [2.05, 4.69) is 10.4 Å². The molecule has 1 saturated carbocycles. The molecule has 128 valence electrons. The lowest BCUT2D eigenvalue weighted by molar-refractivity contribution is -0.0633. The second kappa shape index (κ2) is 7.11. The Hall–Kier alpha value is -1.24. The van der Waals surface area contributed by atoms with Crippen molar-refractivity contribution in [2.24, 2.45) is 0 Å². The third-order valence-electron chi connectivity index (χ3n) is 5.14. The molecule has 0 amide bonds. The molecule has 1 aromatic rings. The summed E-state index contributed by atoms with van der Waals surface area (Å²) >= 11 is 0. The third-order valence-corrected chi connectivity index (χ3v) is 5.14. The number of nitrogens with zero attached hydrogens (tertiary/aromatic N) is 2. The summed E-state index contributed by atoms with van der Waals surface area (Å²) in [5.74, 6) is 0. The fourth-order valence-corrected chi connectivity index (χ4v) is 3.57. The molecule has 0 aromatic carbocycles. The number of aromatic nitrogens is 2. The van der Waals surface area contributed by atoms with Crippen LogP contribution in [0.4, 0.5) is 0 Å². The van der Waals surface area contributed by atoms with E-state index in [1.54, 1.807) is 16.8 Å². The molecule has 2 N–H and O–H groups in total. The molecule has 23 heavy (non-hydrogen) atoms. The number of aryl methyl sites for hydroxylation is 1. The monoisotopic (exact) mass is 321 g/mol. The van der Waals surface area contributed by atoms with Crippen LogP contribution in [0.25, 0.3) is 0 Å². The van der Waals surface area contributed by atoms with Crippen LogP contribution in [0.3, 0.4) is 0 Å². The van der Waals surface area contributed by atoms with E-state index >= 15 is 0 Å². The van der Waals surface area contributed by atoms with E-state index in [4.69, 9.17) is 4.74 Å². The van der Waals surface area contributed by atoms with Gasteiger partial charge in [0.1, 0.15) is 0 Å². The summed E-state index contributed by atoms with van der Waals surface area (Å²) in [6.45, 7) is 3.84. The number of ether oxygens (including phenoxy) is 1. The Labute approximate surface area is 136 Å². The molecular formula is C17H27N3O3. The number of hydrogen-bond acceptors (Lipinski definition) is 5. The predicted octanol–water partition coefficient (Wildman–Crippen LogP) is 1.17. The number of hydrogen-bond donors (Lipinski definition) is 2. The van der Waals surface area contributed by atoms with Crippen molar-refractivity contribution in [2.45, 2.75) is 63.1 Å². The first-order valence-electron chi connectivity index (χ1n) is 8.66. The lowest BCUT2D eigenvalue weighted by Gasteiger charge is -2.35. The van der Waals surface area contributed by atoms with Crippen molar-refractivity contribution in [3.63, 3.8) is 0 Å². The molecule has 0 spiro atoms. The summed E-state index contributed by atoms with van der Waals surface area (Å²) in [7, 11) is 0. The van der Waals surface area contributed by atoms with Gasteiger partial charge in [0, 0.05) is 44.7 Å². The third kappa shape index (κ3) is 4.19. The minimum absolute atomic E-state index is 0.0106. The molecule has 0 unspecified atom stereocenters. The van der Waals surface area contributed by atoms with Gasteiger partial charge in [0.25, 0.3) is 5.56 Å². The SMILES string of the molecule is Cc1ccc(=O)n(C2CCC(NCC3(O)CCOCC3)CC2)n1. The average Bonchev–Trinajstić information content (AvgIpc) is 2.57. The van der Waals surface area contributed by atoms with Gasteiger partial charge in [-0.1, -0.05) is 0 Å². The summed E-state index contributed by atoms with van der Waals surface area (Å²) in [6.07, 6.45) is 5.35. The first-order valence-corrected chi connectivity index (χ1v) is 8.66. The maximum absolute atomic E-state index is 12.0. The highest BCUT2D eigenvalue weighted by Gasteiger charge is 2.31. The van der Waals surface area contributed by atoms with Gasteiger partial charge in [-0.15, -0.1) is 0 Å². The topological polar surface area (TPSA) is 76.4 Å². The van der Waals surface area contributed by atoms with Gasteiger partial charge in [0.15, 0.2) is 0 Å². The van der Waals surface area contributed by atoms with Crippen LogP contribution in [0.5, 0.6) is 0 Å². The van der Waals surface area contributed by atoms with Crippen LogP contribution in [0.15, 0.2) is 16.9 Å². The summed E-state index contributed by atoms with van der Waals surface area (Å²) < 4.78 is 6.96. The predicted molar refractivity (Wildman–Crippen MR) is 87.5 cm³/mol. The summed E-state index contributed by atoms with van der Waals surface area (Å²) in [5, 5.41) is 18.4. The Morgan fingerprint density at radius 3 is 2.70 bits per heavy atom. The Balaban J connectivity index is 1.50. The lowest BCUT2D eigenvalue weighted by atomic mass is 9.89. The molecule has 2 fully saturated rings. The van der Waals surface area contributed by atoms with Gasteiger partial charge in [0.2, 0.25) is 0 Å². The lowest BCUT2D eigenvalue weighted by Crippen LogP contribution is -2.48. The second-order valence-electron chi connectivity index (χ2n) is 6.98. The maximum atomic E-state index is 12.0. The first kappa shape index (κ1) is 16.6. The van der Waals surface area contributed by atoms with Gasteiger partial charge in [-0.05, 0) is 38.7 Å². The maximum Gasteiger partial charge on any atom is 0.267 e. The number of aliphatic hydroxyl groups is 1. The zero-order valence-corrected chi connectivity index (χ0v) is 13.8. The van der Waals surface area contributed by atoms with Crippen LogP contribution < -0.4 is 10.9 Å². The second-order valence-corrected chi connectivity index (χ2v) is 6.98. The van der Waals surface area contributed by atoms with Crippen LogP contribution in [-0.2, 0) is 4.74 Å². The normalized spacial score (nSPS) is 27.7. The molecule has 6 heteroatoms. The van der Waals surface area contributed by atoms with Crippen LogP contribution in [0.2, 0.25) is 0 Å². The summed E-state index contributed by atoms with van der Waals surface area (Å²) in [4.78, 5) is 12.0. The van der Waals surface area contributed by atoms with Crippen molar-refractivity contribution in [2.75, 3.05) is 19.8 Å². The standard InChI is InChI=1S/C17H27N3O3/c1-13-2-7-16(21)20(19-13)15-5-3-14(4-6-15)18-12-17(22)8-10-23-11-9-17/h2,7,14-15,18,22H,3-6,8-12H2,1H3. The van der Waals surface area contributed by atoms with Crippen LogP contribution >= 0.6 is 0 Å². The molecule has 6 nitrogen and oxygen atoms in total. The van der Waals surface area contributed by atoms with E-state index in [0.29, 0.717) is 38.6 Å². The van der Waals surface area contributed by atoms with Crippen LogP contribution in [-0.4, -0.2) is 46.3 Å².